The smallest absolute Gasteiger partial charge is 0.407 e. The summed E-state index contributed by atoms with van der Waals surface area (Å²) >= 11 is 0. The standard InChI is InChI=1S/C19H21N3O4/c23-16(18(24)15-8-4-7-14-11-21-22-17(14)15)9-10-20-19(25)26-12-13-5-2-1-3-6-13/h1-8,11,16,18,23-24H,9-10,12H2,(H,20,25)(H,21,22). The highest BCUT2D eigenvalue weighted by Gasteiger charge is 2.21. The highest BCUT2D eigenvalue weighted by molar-refractivity contribution is 5.81. The van der Waals surface area contributed by atoms with E-state index in [2.05, 4.69) is 15.5 Å². The van der Waals surface area contributed by atoms with E-state index in [9.17, 15) is 15.0 Å². The molecule has 7 heteroatoms. The number of hydrogen-bond acceptors (Lipinski definition) is 5. The molecule has 3 rings (SSSR count). The van der Waals surface area contributed by atoms with Gasteiger partial charge in [0.05, 0.1) is 17.8 Å². The van der Waals surface area contributed by atoms with Crippen LogP contribution in [-0.4, -0.2) is 39.2 Å². The largest absolute Gasteiger partial charge is 0.445 e. The molecule has 2 aromatic carbocycles. The van der Waals surface area contributed by atoms with E-state index in [0.717, 1.165) is 10.9 Å². The second-order valence-corrected chi connectivity index (χ2v) is 5.97. The molecule has 4 N–H and O–H groups in total. The van der Waals surface area contributed by atoms with Gasteiger partial charge in [0.15, 0.2) is 0 Å². The van der Waals surface area contributed by atoms with E-state index in [0.29, 0.717) is 11.1 Å². The van der Waals surface area contributed by atoms with Gasteiger partial charge in [-0.05, 0) is 12.0 Å². The molecule has 0 aliphatic rings. The summed E-state index contributed by atoms with van der Waals surface area (Å²) in [5.41, 5.74) is 2.15. The maximum absolute atomic E-state index is 11.7. The van der Waals surface area contributed by atoms with Crippen LogP contribution in [0.25, 0.3) is 10.9 Å². The minimum absolute atomic E-state index is 0.180. The molecule has 136 valence electrons. The number of rotatable bonds is 7. The van der Waals surface area contributed by atoms with Gasteiger partial charge in [-0.2, -0.15) is 5.10 Å². The zero-order valence-electron chi connectivity index (χ0n) is 14.1. The van der Waals surface area contributed by atoms with Gasteiger partial charge >= 0.3 is 6.09 Å². The van der Waals surface area contributed by atoms with Crippen LogP contribution in [0.4, 0.5) is 4.79 Å². The summed E-state index contributed by atoms with van der Waals surface area (Å²) in [6.45, 7) is 0.366. The van der Waals surface area contributed by atoms with Crippen LogP contribution < -0.4 is 5.32 Å². The van der Waals surface area contributed by atoms with Crippen molar-refractivity contribution >= 4 is 17.0 Å². The zero-order valence-corrected chi connectivity index (χ0v) is 14.1. The van der Waals surface area contributed by atoms with Gasteiger partial charge in [-0.15, -0.1) is 0 Å². The normalized spacial score (nSPS) is 13.3. The lowest BCUT2D eigenvalue weighted by Crippen LogP contribution is -2.29. The first-order valence-corrected chi connectivity index (χ1v) is 8.38. The molecule has 0 saturated heterocycles. The van der Waals surface area contributed by atoms with Gasteiger partial charge in [0, 0.05) is 17.5 Å². The molecule has 1 heterocycles. The summed E-state index contributed by atoms with van der Waals surface area (Å²) in [5.74, 6) is 0. The molecular weight excluding hydrogens is 334 g/mol. The molecule has 26 heavy (non-hydrogen) atoms. The summed E-state index contributed by atoms with van der Waals surface area (Å²) in [4.78, 5) is 11.7. The fourth-order valence-electron chi connectivity index (χ4n) is 2.70. The number of aliphatic hydroxyl groups is 2. The van der Waals surface area contributed by atoms with Crippen molar-refractivity contribution in [1.82, 2.24) is 15.5 Å². The molecule has 0 aliphatic carbocycles. The molecular formula is C19H21N3O4. The highest BCUT2D eigenvalue weighted by Crippen LogP contribution is 2.25. The number of nitrogens with one attached hydrogen (secondary N) is 2. The van der Waals surface area contributed by atoms with E-state index >= 15 is 0 Å². The van der Waals surface area contributed by atoms with Gasteiger partial charge in [0.2, 0.25) is 0 Å². The van der Waals surface area contributed by atoms with Crippen molar-refractivity contribution in [3.8, 4) is 0 Å². The average molecular weight is 355 g/mol. The number of nitrogens with zero attached hydrogens (tertiary/aromatic N) is 1. The summed E-state index contributed by atoms with van der Waals surface area (Å²) in [5, 5.41) is 30.8. The molecule has 0 aliphatic heterocycles. The minimum Gasteiger partial charge on any atom is -0.445 e. The first-order chi connectivity index (χ1) is 12.6. The molecule has 2 atom stereocenters. The Morgan fingerprint density at radius 1 is 1.15 bits per heavy atom. The van der Waals surface area contributed by atoms with Gasteiger partial charge in [-0.25, -0.2) is 4.79 Å². The van der Waals surface area contributed by atoms with Gasteiger partial charge in [0.1, 0.15) is 12.7 Å². The van der Waals surface area contributed by atoms with E-state index in [4.69, 9.17) is 4.74 Å². The van der Waals surface area contributed by atoms with Crippen LogP contribution >= 0.6 is 0 Å². The predicted molar refractivity (Wildman–Crippen MR) is 96.3 cm³/mol. The van der Waals surface area contributed by atoms with Crippen LogP contribution in [0.5, 0.6) is 0 Å². The molecule has 3 aromatic rings. The van der Waals surface area contributed by atoms with Crippen LogP contribution in [0, 0.1) is 0 Å². The average Bonchev–Trinajstić information content (AvgIpc) is 3.15. The number of aliphatic hydroxyl groups excluding tert-OH is 2. The maximum Gasteiger partial charge on any atom is 0.407 e. The van der Waals surface area contributed by atoms with Crippen LogP contribution in [0.2, 0.25) is 0 Å². The van der Waals surface area contributed by atoms with Gasteiger partial charge in [-0.1, -0.05) is 48.5 Å². The topological polar surface area (TPSA) is 107 Å². The summed E-state index contributed by atoms with van der Waals surface area (Å²) in [7, 11) is 0. The van der Waals surface area contributed by atoms with Crippen molar-refractivity contribution in [2.24, 2.45) is 0 Å². The number of benzene rings is 2. The van der Waals surface area contributed by atoms with E-state index in [1.807, 2.05) is 36.4 Å². The van der Waals surface area contributed by atoms with Crippen LogP contribution in [0.1, 0.15) is 23.7 Å². The first-order valence-electron chi connectivity index (χ1n) is 8.38. The Morgan fingerprint density at radius 2 is 1.96 bits per heavy atom. The molecule has 0 fully saturated rings. The van der Waals surface area contributed by atoms with Crippen LogP contribution in [0.15, 0.2) is 54.7 Å². The lowest BCUT2D eigenvalue weighted by molar-refractivity contribution is 0.0144. The zero-order chi connectivity index (χ0) is 18.4. The van der Waals surface area contributed by atoms with Crippen molar-refractivity contribution in [2.75, 3.05) is 6.54 Å². The number of alkyl carbamates (subject to hydrolysis) is 1. The number of fused-ring (bicyclic) bond motifs is 1. The van der Waals surface area contributed by atoms with Gasteiger partial charge < -0.3 is 20.3 Å². The number of para-hydroxylation sites is 1. The van der Waals surface area contributed by atoms with Crippen molar-refractivity contribution in [3.05, 3.63) is 65.9 Å². The van der Waals surface area contributed by atoms with E-state index in [-0.39, 0.29) is 19.6 Å². The molecule has 0 radical (unpaired) electrons. The van der Waals surface area contributed by atoms with Crippen molar-refractivity contribution < 1.29 is 19.7 Å². The van der Waals surface area contributed by atoms with Gasteiger partial charge in [0.25, 0.3) is 0 Å². The SMILES string of the molecule is O=C(NCCC(O)C(O)c1cccc2cn[nH]c12)OCc1ccccc1. The quantitative estimate of drug-likeness (QED) is 0.520. The number of hydrogen-bond donors (Lipinski definition) is 4. The van der Waals surface area contributed by atoms with E-state index in [1.165, 1.54) is 0 Å². The number of aromatic nitrogens is 2. The maximum atomic E-state index is 11.7. The monoisotopic (exact) mass is 355 g/mol. The Bertz CT molecular complexity index is 850. The Morgan fingerprint density at radius 3 is 2.77 bits per heavy atom. The number of ether oxygens (including phenoxy) is 1. The number of H-pyrrole nitrogens is 1. The fourth-order valence-corrected chi connectivity index (χ4v) is 2.70. The first kappa shape index (κ1) is 17.9. The Kier molecular flexibility index (Phi) is 5.83. The fraction of sp³-hybridized carbons (Fsp3) is 0.263. The summed E-state index contributed by atoms with van der Waals surface area (Å²) in [6.07, 6.45) is -0.834. The number of amides is 1. The molecule has 0 bridgehead atoms. The lowest BCUT2D eigenvalue weighted by Gasteiger charge is -2.19. The summed E-state index contributed by atoms with van der Waals surface area (Å²) in [6, 6.07) is 14.8. The number of aromatic amines is 1. The number of carbonyl (C=O) groups is 1. The van der Waals surface area contributed by atoms with E-state index < -0.39 is 18.3 Å². The molecule has 7 nitrogen and oxygen atoms in total. The van der Waals surface area contributed by atoms with Gasteiger partial charge in [-0.3, -0.25) is 5.10 Å². The predicted octanol–water partition coefficient (Wildman–Crippen LogP) is 2.27. The highest BCUT2D eigenvalue weighted by atomic mass is 16.5. The Labute approximate surface area is 150 Å². The molecule has 0 spiro atoms. The third kappa shape index (κ3) is 4.38. The molecule has 0 saturated carbocycles. The molecule has 1 aromatic heterocycles. The summed E-state index contributed by atoms with van der Waals surface area (Å²) < 4.78 is 5.09. The van der Waals surface area contributed by atoms with Crippen LogP contribution in [-0.2, 0) is 11.3 Å². The second-order valence-electron chi connectivity index (χ2n) is 5.97. The molecule has 2 unspecified atom stereocenters. The van der Waals surface area contributed by atoms with Crippen molar-refractivity contribution in [2.45, 2.75) is 25.2 Å². The Balaban J connectivity index is 1.45. The van der Waals surface area contributed by atoms with E-state index in [1.54, 1.807) is 18.3 Å². The molecule has 1 amide bonds. The third-order valence-corrected chi connectivity index (χ3v) is 4.11. The number of carbonyl (C=O) groups excluding carboxylic acids is 1. The van der Waals surface area contributed by atoms with Crippen LogP contribution in [0.3, 0.4) is 0 Å². The second kappa shape index (κ2) is 8.46. The Hall–Kier alpha value is -2.90. The third-order valence-electron chi connectivity index (χ3n) is 4.11. The lowest BCUT2D eigenvalue weighted by atomic mass is 10.00. The van der Waals surface area contributed by atoms with Crippen molar-refractivity contribution in [3.63, 3.8) is 0 Å². The minimum atomic E-state index is -1.08. The van der Waals surface area contributed by atoms with Crippen molar-refractivity contribution in [1.29, 1.82) is 0 Å².